The molecule has 0 radical (unpaired) electrons. The third-order valence-electron chi connectivity index (χ3n) is 4.22. The van der Waals surface area contributed by atoms with E-state index in [0.717, 1.165) is 31.9 Å². The molecule has 1 heterocycles. The molecule has 8 heteroatoms. The van der Waals surface area contributed by atoms with Crippen LogP contribution in [0.5, 0.6) is 0 Å². The van der Waals surface area contributed by atoms with Crippen LogP contribution in [0.4, 0.5) is 15.8 Å². The Kier molecular flexibility index (Phi) is 6.24. The van der Waals surface area contributed by atoms with Crippen molar-refractivity contribution in [2.24, 2.45) is 0 Å². The third kappa shape index (κ3) is 4.80. The number of benzene rings is 2. The topological polar surface area (TPSA) is 35.6 Å². The number of carbonyl (C=O) groups excluding carboxylic acids is 1. The summed E-state index contributed by atoms with van der Waals surface area (Å²) in [6.07, 6.45) is 0. The van der Waals surface area contributed by atoms with Gasteiger partial charge in [0.05, 0.1) is 27.3 Å². The molecular weight excluding hydrogens is 400 g/mol. The fraction of sp³-hybridized carbons (Fsp3) is 0.278. The summed E-state index contributed by atoms with van der Waals surface area (Å²) in [5.74, 6) is -0.412. The molecule has 0 saturated carbocycles. The van der Waals surface area contributed by atoms with E-state index in [9.17, 15) is 9.18 Å². The molecule has 0 spiro atoms. The molecule has 1 fully saturated rings. The van der Waals surface area contributed by atoms with Gasteiger partial charge in [-0.1, -0.05) is 34.8 Å². The van der Waals surface area contributed by atoms with Gasteiger partial charge in [0.1, 0.15) is 5.82 Å². The van der Waals surface area contributed by atoms with Crippen molar-refractivity contribution in [3.63, 3.8) is 0 Å². The molecule has 0 bridgehead atoms. The Morgan fingerprint density at radius 2 is 1.58 bits per heavy atom. The first-order valence-electron chi connectivity index (χ1n) is 8.09. The van der Waals surface area contributed by atoms with Gasteiger partial charge >= 0.3 is 0 Å². The van der Waals surface area contributed by atoms with Crippen LogP contribution in [0.2, 0.25) is 15.1 Å². The van der Waals surface area contributed by atoms with Crippen molar-refractivity contribution in [2.45, 2.75) is 0 Å². The normalized spacial score (nSPS) is 15.2. The van der Waals surface area contributed by atoms with E-state index >= 15 is 0 Å². The quantitative estimate of drug-likeness (QED) is 0.743. The second-order valence-electron chi connectivity index (χ2n) is 6.03. The molecular formula is C18H17Cl3FN3O. The van der Waals surface area contributed by atoms with Gasteiger partial charge in [0.15, 0.2) is 0 Å². The number of nitrogens with one attached hydrogen (secondary N) is 1. The average Bonchev–Trinajstić information content (AvgIpc) is 2.61. The van der Waals surface area contributed by atoms with Crippen LogP contribution in [-0.4, -0.2) is 43.5 Å². The smallest absolute Gasteiger partial charge is 0.238 e. The highest BCUT2D eigenvalue weighted by molar-refractivity contribution is 6.44. The van der Waals surface area contributed by atoms with Gasteiger partial charge in [0.2, 0.25) is 5.91 Å². The van der Waals surface area contributed by atoms with E-state index in [-0.39, 0.29) is 18.3 Å². The lowest BCUT2D eigenvalue weighted by Crippen LogP contribution is -2.48. The molecule has 1 saturated heterocycles. The van der Waals surface area contributed by atoms with Crippen molar-refractivity contribution >= 4 is 52.1 Å². The predicted octanol–water partition coefficient (Wildman–Crippen LogP) is 4.55. The number of piperazine rings is 1. The van der Waals surface area contributed by atoms with Gasteiger partial charge < -0.3 is 10.2 Å². The molecule has 1 amide bonds. The van der Waals surface area contributed by atoms with Crippen molar-refractivity contribution in [3.8, 4) is 0 Å². The van der Waals surface area contributed by atoms with Crippen LogP contribution in [-0.2, 0) is 4.79 Å². The summed E-state index contributed by atoms with van der Waals surface area (Å²) in [6, 6.07) is 9.49. The SMILES string of the molecule is O=C(CN1CCN(c2ccc(F)cc2)CC1)Nc1cc(Cl)c(Cl)cc1Cl. The first-order chi connectivity index (χ1) is 12.4. The van der Waals surface area contributed by atoms with E-state index in [1.165, 1.54) is 24.3 Å². The maximum absolute atomic E-state index is 13.0. The largest absolute Gasteiger partial charge is 0.369 e. The Labute approximate surface area is 166 Å². The van der Waals surface area contributed by atoms with Crippen LogP contribution >= 0.6 is 34.8 Å². The van der Waals surface area contributed by atoms with Crippen LogP contribution in [0.15, 0.2) is 36.4 Å². The maximum Gasteiger partial charge on any atom is 0.238 e. The number of nitrogens with zero attached hydrogens (tertiary/aromatic N) is 2. The van der Waals surface area contributed by atoms with E-state index < -0.39 is 0 Å². The first-order valence-corrected chi connectivity index (χ1v) is 9.23. The second-order valence-corrected chi connectivity index (χ2v) is 7.26. The summed E-state index contributed by atoms with van der Waals surface area (Å²) in [6.45, 7) is 3.27. The molecule has 138 valence electrons. The molecule has 2 aromatic rings. The molecule has 1 N–H and O–H groups in total. The minimum atomic E-state index is -0.245. The molecule has 1 aliphatic heterocycles. The van der Waals surface area contributed by atoms with Gasteiger partial charge in [-0.15, -0.1) is 0 Å². The monoisotopic (exact) mass is 415 g/mol. The summed E-state index contributed by atoms with van der Waals surface area (Å²) >= 11 is 17.9. The minimum Gasteiger partial charge on any atom is -0.369 e. The summed E-state index contributed by atoms with van der Waals surface area (Å²) < 4.78 is 13.0. The zero-order valence-corrected chi connectivity index (χ0v) is 16.1. The highest BCUT2D eigenvalue weighted by Crippen LogP contribution is 2.32. The van der Waals surface area contributed by atoms with Crippen LogP contribution in [0.1, 0.15) is 0 Å². The Hall–Kier alpha value is -1.53. The molecule has 26 heavy (non-hydrogen) atoms. The van der Waals surface area contributed by atoms with E-state index in [0.29, 0.717) is 20.8 Å². The van der Waals surface area contributed by atoms with Crippen molar-refractivity contribution in [2.75, 3.05) is 42.9 Å². The van der Waals surface area contributed by atoms with Gasteiger partial charge in [-0.25, -0.2) is 4.39 Å². The summed E-state index contributed by atoms with van der Waals surface area (Å²) in [5, 5.41) is 3.78. The van der Waals surface area contributed by atoms with Gasteiger partial charge in [-0.05, 0) is 36.4 Å². The second kappa shape index (κ2) is 8.44. The predicted molar refractivity (Wildman–Crippen MR) is 105 cm³/mol. The summed E-state index contributed by atoms with van der Waals surface area (Å²) in [7, 11) is 0. The maximum atomic E-state index is 13.0. The summed E-state index contributed by atoms with van der Waals surface area (Å²) in [4.78, 5) is 16.5. The van der Waals surface area contributed by atoms with Gasteiger partial charge in [0.25, 0.3) is 0 Å². The molecule has 0 aliphatic carbocycles. The lowest BCUT2D eigenvalue weighted by atomic mass is 10.2. The fourth-order valence-corrected chi connectivity index (χ4v) is 3.42. The number of hydrogen-bond acceptors (Lipinski definition) is 3. The molecule has 4 nitrogen and oxygen atoms in total. The van der Waals surface area contributed by atoms with E-state index in [4.69, 9.17) is 34.8 Å². The number of hydrogen-bond donors (Lipinski definition) is 1. The molecule has 2 aromatic carbocycles. The van der Waals surface area contributed by atoms with Gasteiger partial charge in [-0.2, -0.15) is 0 Å². The number of halogens is 4. The van der Waals surface area contributed by atoms with E-state index in [1.54, 1.807) is 12.1 Å². The zero-order chi connectivity index (χ0) is 18.7. The van der Waals surface area contributed by atoms with E-state index in [2.05, 4.69) is 15.1 Å². The fourth-order valence-electron chi connectivity index (χ4n) is 2.83. The van der Waals surface area contributed by atoms with Crippen molar-refractivity contribution in [1.29, 1.82) is 0 Å². The Bertz CT molecular complexity index is 793. The minimum absolute atomic E-state index is 0.166. The number of carbonyl (C=O) groups is 1. The molecule has 0 unspecified atom stereocenters. The molecule has 1 aliphatic rings. The highest BCUT2D eigenvalue weighted by atomic mass is 35.5. The van der Waals surface area contributed by atoms with Crippen molar-refractivity contribution in [3.05, 3.63) is 57.3 Å². The van der Waals surface area contributed by atoms with Crippen molar-refractivity contribution < 1.29 is 9.18 Å². The van der Waals surface area contributed by atoms with Crippen molar-refractivity contribution in [1.82, 2.24) is 4.90 Å². The molecule has 3 rings (SSSR count). The standard InChI is InChI=1S/C18H17Cl3FN3O/c19-14-9-16(21)17(10-15(14)20)23-18(26)11-24-5-7-25(8-6-24)13-3-1-12(22)2-4-13/h1-4,9-10H,5-8,11H2,(H,23,26). The number of amides is 1. The van der Waals surface area contributed by atoms with E-state index in [1.807, 2.05) is 0 Å². The first kappa shape index (κ1) is 19.2. The zero-order valence-electron chi connectivity index (χ0n) is 13.8. The molecule has 0 aromatic heterocycles. The van der Waals surface area contributed by atoms with Gasteiger partial charge in [-0.3, -0.25) is 9.69 Å². The Balaban J connectivity index is 1.52. The van der Waals surface area contributed by atoms with Gasteiger partial charge in [0, 0.05) is 31.9 Å². The lowest BCUT2D eigenvalue weighted by molar-refractivity contribution is -0.117. The number of anilines is 2. The highest BCUT2D eigenvalue weighted by Gasteiger charge is 2.20. The van der Waals surface area contributed by atoms with Crippen LogP contribution in [0.3, 0.4) is 0 Å². The van der Waals surface area contributed by atoms with Crippen LogP contribution in [0.25, 0.3) is 0 Å². The lowest BCUT2D eigenvalue weighted by Gasteiger charge is -2.35. The van der Waals surface area contributed by atoms with Crippen LogP contribution < -0.4 is 10.2 Å². The Morgan fingerprint density at radius 1 is 0.962 bits per heavy atom. The number of rotatable bonds is 4. The average molecular weight is 417 g/mol. The Morgan fingerprint density at radius 3 is 2.23 bits per heavy atom. The third-order valence-corrected chi connectivity index (χ3v) is 5.25. The summed E-state index contributed by atoms with van der Waals surface area (Å²) in [5.41, 5.74) is 1.43. The van der Waals surface area contributed by atoms with Crippen LogP contribution in [0, 0.1) is 5.82 Å². The molecule has 0 atom stereocenters.